The Bertz CT molecular complexity index is 784. The van der Waals surface area contributed by atoms with Crippen molar-refractivity contribution in [3.63, 3.8) is 0 Å². The topological polar surface area (TPSA) is 71.1 Å². The van der Waals surface area contributed by atoms with E-state index in [-0.39, 0.29) is 20.9 Å². The minimum Gasteiger partial charge on any atom is -0.372 e. The first-order valence-electron chi connectivity index (χ1n) is 5.64. The lowest BCUT2D eigenvalue weighted by molar-refractivity contribution is 0.601. The third-order valence-electron chi connectivity index (χ3n) is 2.52. The molecule has 0 atom stereocenters. The molecule has 21 heavy (non-hydrogen) atoms. The second-order valence-corrected chi connectivity index (χ2v) is 7.41. The van der Waals surface area contributed by atoms with Crippen molar-refractivity contribution in [1.82, 2.24) is 4.98 Å². The highest BCUT2D eigenvalue weighted by Gasteiger charge is 2.20. The first kappa shape index (κ1) is 16.2. The van der Waals surface area contributed by atoms with Crippen LogP contribution in [0.3, 0.4) is 0 Å². The van der Waals surface area contributed by atoms with Gasteiger partial charge in [0.25, 0.3) is 10.0 Å². The van der Waals surface area contributed by atoms with E-state index in [1.54, 1.807) is 7.05 Å². The van der Waals surface area contributed by atoms with E-state index in [0.29, 0.717) is 4.47 Å². The van der Waals surface area contributed by atoms with Crippen molar-refractivity contribution in [2.45, 2.75) is 4.90 Å². The number of hydrogen-bond donors (Lipinski definition) is 2. The number of sulfonamides is 1. The first-order chi connectivity index (χ1) is 9.83. The second-order valence-electron chi connectivity index (χ2n) is 3.98. The van der Waals surface area contributed by atoms with Crippen LogP contribution in [0, 0.1) is 5.82 Å². The predicted molar refractivity (Wildman–Crippen MR) is 86.4 cm³/mol. The number of anilines is 2. The maximum Gasteiger partial charge on any atom is 0.265 e. The molecule has 9 heteroatoms. The third-order valence-corrected chi connectivity index (χ3v) is 4.99. The van der Waals surface area contributed by atoms with Crippen LogP contribution in [-0.2, 0) is 10.0 Å². The molecular weight excluding hydrogens is 429 g/mol. The van der Waals surface area contributed by atoms with Gasteiger partial charge >= 0.3 is 0 Å². The summed E-state index contributed by atoms with van der Waals surface area (Å²) in [5.41, 5.74) is 0.123. The lowest BCUT2D eigenvalue weighted by Gasteiger charge is -2.12. The summed E-state index contributed by atoms with van der Waals surface area (Å²) in [5, 5.41) is 2.70. The molecule has 0 aliphatic heterocycles. The molecule has 0 aliphatic carbocycles. The van der Waals surface area contributed by atoms with Gasteiger partial charge in [-0.15, -0.1) is 0 Å². The van der Waals surface area contributed by atoms with Crippen molar-refractivity contribution in [2.24, 2.45) is 0 Å². The quantitative estimate of drug-likeness (QED) is 0.765. The SMILES string of the molecule is CNc1ncc(Br)cc1S(=O)(=O)Nc1ccc(Br)c(F)c1. The van der Waals surface area contributed by atoms with Crippen molar-refractivity contribution < 1.29 is 12.8 Å². The molecule has 0 bridgehead atoms. The van der Waals surface area contributed by atoms with Crippen LogP contribution in [0.5, 0.6) is 0 Å². The zero-order valence-corrected chi connectivity index (χ0v) is 14.7. The standard InChI is InChI=1S/C12H10Br2FN3O2S/c1-16-12-11(4-7(13)6-17-12)21(19,20)18-8-2-3-9(14)10(15)5-8/h2-6,18H,1H3,(H,16,17). The number of hydrogen-bond acceptors (Lipinski definition) is 4. The van der Waals surface area contributed by atoms with E-state index in [9.17, 15) is 12.8 Å². The first-order valence-corrected chi connectivity index (χ1v) is 8.71. The summed E-state index contributed by atoms with van der Waals surface area (Å²) in [6, 6.07) is 5.38. The molecule has 0 spiro atoms. The summed E-state index contributed by atoms with van der Waals surface area (Å²) >= 11 is 6.18. The fourth-order valence-electron chi connectivity index (χ4n) is 1.58. The van der Waals surface area contributed by atoms with E-state index in [0.717, 1.165) is 6.07 Å². The Morgan fingerprint density at radius 1 is 1.24 bits per heavy atom. The van der Waals surface area contributed by atoms with Gasteiger partial charge in [0, 0.05) is 17.7 Å². The monoisotopic (exact) mass is 437 g/mol. The molecule has 2 rings (SSSR count). The Morgan fingerprint density at radius 2 is 1.95 bits per heavy atom. The van der Waals surface area contributed by atoms with Crippen LogP contribution in [0.2, 0.25) is 0 Å². The Kier molecular flexibility index (Phi) is 4.84. The molecule has 2 aromatic rings. The molecule has 0 saturated heterocycles. The molecule has 0 radical (unpaired) electrons. The molecule has 0 unspecified atom stereocenters. The van der Waals surface area contributed by atoms with E-state index in [1.165, 1.54) is 24.4 Å². The van der Waals surface area contributed by atoms with Gasteiger partial charge in [-0.2, -0.15) is 0 Å². The maximum absolute atomic E-state index is 13.5. The lowest BCUT2D eigenvalue weighted by atomic mass is 10.3. The molecular formula is C12H10Br2FN3O2S. The Labute approximate surface area is 138 Å². The van der Waals surface area contributed by atoms with Crippen LogP contribution in [-0.4, -0.2) is 20.4 Å². The van der Waals surface area contributed by atoms with Crippen molar-refractivity contribution in [2.75, 3.05) is 17.1 Å². The predicted octanol–water partition coefficient (Wildman–Crippen LogP) is 3.59. The number of pyridine rings is 1. The van der Waals surface area contributed by atoms with Gasteiger partial charge in [0.1, 0.15) is 16.5 Å². The van der Waals surface area contributed by atoms with E-state index in [2.05, 4.69) is 46.9 Å². The third kappa shape index (κ3) is 3.72. The van der Waals surface area contributed by atoms with Crippen LogP contribution >= 0.6 is 31.9 Å². The van der Waals surface area contributed by atoms with Gasteiger partial charge in [0.2, 0.25) is 0 Å². The van der Waals surface area contributed by atoms with Gasteiger partial charge in [0.15, 0.2) is 0 Å². The fourth-order valence-corrected chi connectivity index (χ4v) is 3.55. The van der Waals surface area contributed by atoms with Crippen molar-refractivity contribution in [1.29, 1.82) is 0 Å². The molecule has 1 heterocycles. The van der Waals surface area contributed by atoms with Gasteiger partial charge in [-0.1, -0.05) is 0 Å². The van der Waals surface area contributed by atoms with E-state index in [1.807, 2.05) is 0 Å². The largest absolute Gasteiger partial charge is 0.372 e. The smallest absolute Gasteiger partial charge is 0.265 e. The molecule has 1 aromatic carbocycles. The molecule has 112 valence electrons. The van der Waals surface area contributed by atoms with E-state index >= 15 is 0 Å². The van der Waals surface area contributed by atoms with Crippen LogP contribution in [0.15, 0.2) is 44.3 Å². The molecule has 1 aromatic heterocycles. The van der Waals surface area contributed by atoms with Crippen LogP contribution in [0.1, 0.15) is 0 Å². The van der Waals surface area contributed by atoms with Gasteiger partial charge in [0.05, 0.1) is 10.2 Å². The maximum atomic E-state index is 13.5. The van der Waals surface area contributed by atoms with E-state index < -0.39 is 15.8 Å². The number of rotatable bonds is 4. The molecule has 2 N–H and O–H groups in total. The van der Waals surface area contributed by atoms with Crippen molar-refractivity contribution >= 4 is 53.4 Å². The van der Waals surface area contributed by atoms with Crippen molar-refractivity contribution in [3.05, 3.63) is 45.2 Å². The number of halogens is 3. The second kappa shape index (κ2) is 6.29. The van der Waals surface area contributed by atoms with Crippen LogP contribution in [0.4, 0.5) is 15.9 Å². The highest BCUT2D eigenvalue weighted by molar-refractivity contribution is 9.10. The normalized spacial score (nSPS) is 11.2. The van der Waals surface area contributed by atoms with Crippen LogP contribution < -0.4 is 10.0 Å². The minimum atomic E-state index is -3.90. The average molecular weight is 439 g/mol. The van der Waals surface area contributed by atoms with Gasteiger partial charge < -0.3 is 5.32 Å². The molecule has 0 fully saturated rings. The summed E-state index contributed by atoms with van der Waals surface area (Å²) < 4.78 is 41.3. The van der Waals surface area contributed by atoms with Crippen LogP contribution in [0.25, 0.3) is 0 Å². The summed E-state index contributed by atoms with van der Waals surface area (Å²) in [4.78, 5) is 3.94. The molecule has 0 amide bonds. The van der Waals surface area contributed by atoms with E-state index in [4.69, 9.17) is 0 Å². The summed E-state index contributed by atoms with van der Waals surface area (Å²) in [7, 11) is -2.33. The van der Waals surface area contributed by atoms with Gasteiger partial charge in [-0.3, -0.25) is 4.72 Å². The molecule has 0 aliphatic rings. The fraction of sp³-hybridized carbons (Fsp3) is 0.0833. The molecule has 5 nitrogen and oxygen atoms in total. The van der Waals surface area contributed by atoms with Crippen molar-refractivity contribution in [3.8, 4) is 0 Å². The number of aromatic nitrogens is 1. The van der Waals surface area contributed by atoms with Gasteiger partial charge in [-0.25, -0.2) is 17.8 Å². The number of nitrogens with zero attached hydrogens (tertiary/aromatic N) is 1. The molecule has 0 saturated carbocycles. The lowest BCUT2D eigenvalue weighted by Crippen LogP contribution is -2.15. The zero-order chi connectivity index (χ0) is 15.6. The Hall–Kier alpha value is -1.19. The Balaban J connectivity index is 2.42. The summed E-state index contributed by atoms with van der Waals surface area (Å²) in [6.07, 6.45) is 1.48. The number of benzene rings is 1. The zero-order valence-electron chi connectivity index (χ0n) is 10.7. The number of nitrogens with one attached hydrogen (secondary N) is 2. The Morgan fingerprint density at radius 3 is 2.57 bits per heavy atom. The summed E-state index contributed by atoms with van der Waals surface area (Å²) in [5.74, 6) is -0.361. The average Bonchev–Trinajstić information content (AvgIpc) is 2.42. The minimum absolute atomic E-state index is 0.0392. The summed E-state index contributed by atoms with van der Waals surface area (Å²) in [6.45, 7) is 0. The van der Waals surface area contributed by atoms with Gasteiger partial charge in [-0.05, 0) is 56.1 Å². The highest BCUT2D eigenvalue weighted by Crippen LogP contribution is 2.26. The highest BCUT2D eigenvalue weighted by atomic mass is 79.9.